The van der Waals surface area contributed by atoms with E-state index in [4.69, 9.17) is 0 Å². The Kier molecular flexibility index (Phi) is 7.47. The lowest BCUT2D eigenvalue weighted by Gasteiger charge is -2.31. The Morgan fingerprint density at radius 2 is 1.47 bits per heavy atom. The lowest BCUT2D eigenvalue weighted by atomic mass is 9.85. The lowest BCUT2D eigenvalue weighted by Crippen LogP contribution is -2.29. The van der Waals surface area contributed by atoms with Crippen molar-refractivity contribution in [3.63, 3.8) is 0 Å². The molecule has 254 valence electrons. The largest absolute Gasteiger partial charge is 0.332 e. The van der Waals surface area contributed by atoms with Gasteiger partial charge in [-0.2, -0.15) is 5.26 Å². The molecule has 0 radical (unpaired) electrons. The summed E-state index contributed by atoms with van der Waals surface area (Å²) in [5, 5.41) is 11.3. The molecule has 3 unspecified atom stereocenters. The Balaban J connectivity index is 1.21. The number of benzene rings is 4. The fraction of sp³-hybridized carbons (Fsp3) is 0.143. The summed E-state index contributed by atoms with van der Waals surface area (Å²) in [5.41, 5.74) is 17.0. The molecule has 3 atom stereocenters. The quantitative estimate of drug-likeness (QED) is 0.182. The Morgan fingerprint density at radius 1 is 0.698 bits per heavy atom. The van der Waals surface area contributed by atoms with Gasteiger partial charge in [-0.15, -0.1) is 0 Å². The summed E-state index contributed by atoms with van der Waals surface area (Å²) >= 11 is 0. The molecule has 2 aromatic heterocycles. The van der Waals surface area contributed by atoms with Crippen LogP contribution in [0, 0.1) is 18.3 Å². The van der Waals surface area contributed by atoms with Gasteiger partial charge in [0.05, 0.1) is 23.0 Å². The minimum absolute atomic E-state index is 0.0364. The summed E-state index contributed by atoms with van der Waals surface area (Å²) in [5.74, 6) is 0.477. The Hall–Kier alpha value is -6.44. The van der Waals surface area contributed by atoms with Crippen molar-refractivity contribution in [2.24, 2.45) is 0 Å². The summed E-state index contributed by atoms with van der Waals surface area (Å²) in [6.07, 6.45) is 23.0. The zero-order valence-electron chi connectivity index (χ0n) is 29.7. The molecular weight excluding hydrogens is 645 g/mol. The predicted octanol–water partition coefficient (Wildman–Crippen LogP) is 11.4. The van der Waals surface area contributed by atoms with Gasteiger partial charge >= 0.3 is 0 Å². The fourth-order valence-electron chi connectivity index (χ4n) is 9.09. The molecule has 0 bridgehead atoms. The molecule has 0 N–H and O–H groups in total. The number of hydrogen-bond acceptors (Lipinski definition) is 3. The molecule has 3 heterocycles. The standard InChI is InChI=1S/C49H38N4/c1-32-26-37(24-25-51-32)38-29-48(52-44-18-10-8-16-39(44)41-27-35(20-22-46(41)52)33-12-4-2-5-13-33)43(31-50)49(30-38)53-45-19-11-9-17-40(45)42-28-36(21-23-47(42)53)34-14-6-3-7-15-34/h2-8,10-16,18-27,29-30,36,39,44H,9,17,28H2,1H3. The van der Waals surface area contributed by atoms with Crippen molar-refractivity contribution in [2.75, 3.05) is 4.90 Å². The number of nitriles is 1. The molecule has 10 rings (SSSR count). The third-order valence-corrected chi connectivity index (χ3v) is 11.5. The van der Waals surface area contributed by atoms with Gasteiger partial charge in [0, 0.05) is 40.8 Å². The van der Waals surface area contributed by atoms with Crippen LogP contribution in [0.1, 0.15) is 63.2 Å². The van der Waals surface area contributed by atoms with Crippen molar-refractivity contribution in [1.29, 1.82) is 5.26 Å². The summed E-state index contributed by atoms with van der Waals surface area (Å²) < 4.78 is 2.39. The molecule has 4 heteroatoms. The average molecular weight is 683 g/mol. The first-order chi connectivity index (χ1) is 26.2. The molecule has 4 nitrogen and oxygen atoms in total. The minimum Gasteiger partial charge on any atom is -0.332 e. The Bertz CT molecular complexity index is 2580. The minimum atomic E-state index is 0.0364. The van der Waals surface area contributed by atoms with Crippen LogP contribution >= 0.6 is 0 Å². The van der Waals surface area contributed by atoms with Crippen molar-refractivity contribution in [3.05, 3.63) is 191 Å². The monoisotopic (exact) mass is 682 g/mol. The Labute approximate surface area is 311 Å². The maximum Gasteiger partial charge on any atom is 0.104 e. The third kappa shape index (κ3) is 5.15. The molecule has 3 aliphatic carbocycles. The maximum absolute atomic E-state index is 11.3. The average Bonchev–Trinajstić information content (AvgIpc) is 3.73. The third-order valence-electron chi connectivity index (χ3n) is 11.5. The number of anilines is 2. The van der Waals surface area contributed by atoms with E-state index in [0.29, 0.717) is 11.5 Å². The van der Waals surface area contributed by atoms with Crippen LogP contribution in [0.2, 0.25) is 0 Å². The molecule has 1 aliphatic heterocycles. The van der Waals surface area contributed by atoms with Crippen LogP contribution in [0.5, 0.6) is 0 Å². The number of nitrogens with zero attached hydrogens (tertiary/aromatic N) is 4. The second-order valence-electron chi connectivity index (χ2n) is 14.6. The van der Waals surface area contributed by atoms with Gasteiger partial charge < -0.3 is 9.47 Å². The molecule has 0 fully saturated rings. The number of fused-ring (bicyclic) bond motifs is 6. The maximum atomic E-state index is 11.3. The van der Waals surface area contributed by atoms with E-state index in [9.17, 15) is 5.26 Å². The molecule has 53 heavy (non-hydrogen) atoms. The number of aromatic nitrogens is 2. The number of pyridine rings is 1. The van der Waals surface area contributed by atoms with E-state index >= 15 is 0 Å². The van der Waals surface area contributed by atoms with Crippen LogP contribution in [0.25, 0.3) is 40.1 Å². The van der Waals surface area contributed by atoms with Crippen molar-refractivity contribution < 1.29 is 0 Å². The van der Waals surface area contributed by atoms with E-state index in [1.807, 2.05) is 13.1 Å². The van der Waals surface area contributed by atoms with Crippen LogP contribution in [-0.4, -0.2) is 15.6 Å². The molecule has 0 spiro atoms. The zero-order chi connectivity index (χ0) is 35.5. The van der Waals surface area contributed by atoms with Crippen molar-refractivity contribution in [3.8, 4) is 34.0 Å². The first kappa shape index (κ1) is 31.3. The van der Waals surface area contributed by atoms with Crippen molar-refractivity contribution in [2.45, 2.75) is 44.1 Å². The van der Waals surface area contributed by atoms with E-state index in [-0.39, 0.29) is 12.0 Å². The van der Waals surface area contributed by atoms with Crippen LogP contribution in [0.4, 0.5) is 11.4 Å². The van der Waals surface area contributed by atoms with E-state index in [2.05, 4.69) is 172 Å². The first-order valence-electron chi connectivity index (χ1n) is 18.7. The van der Waals surface area contributed by atoms with Crippen LogP contribution < -0.4 is 4.90 Å². The van der Waals surface area contributed by atoms with Crippen LogP contribution in [0.15, 0.2) is 146 Å². The number of aryl methyl sites for hydroxylation is 1. The Morgan fingerprint density at radius 3 is 2.30 bits per heavy atom. The van der Waals surface area contributed by atoms with E-state index in [0.717, 1.165) is 53.1 Å². The lowest BCUT2D eigenvalue weighted by molar-refractivity contribution is 0.744. The highest BCUT2D eigenvalue weighted by molar-refractivity contribution is 5.87. The number of hydrogen-bond donors (Lipinski definition) is 0. The number of rotatable bonds is 5. The van der Waals surface area contributed by atoms with E-state index < -0.39 is 0 Å². The van der Waals surface area contributed by atoms with E-state index in [1.165, 1.54) is 44.8 Å². The normalized spacial score (nSPS) is 19.0. The van der Waals surface area contributed by atoms with Gasteiger partial charge in [-0.1, -0.05) is 103 Å². The predicted molar refractivity (Wildman–Crippen MR) is 217 cm³/mol. The summed E-state index contributed by atoms with van der Waals surface area (Å²) in [4.78, 5) is 6.96. The highest BCUT2D eigenvalue weighted by Gasteiger charge is 2.39. The second-order valence-corrected chi connectivity index (χ2v) is 14.6. The van der Waals surface area contributed by atoms with Crippen molar-refractivity contribution >= 4 is 23.5 Å². The molecule has 4 aliphatic rings. The topological polar surface area (TPSA) is 44.9 Å². The number of allylic oxidation sites excluding steroid dienone is 4. The van der Waals surface area contributed by atoms with E-state index in [1.54, 1.807) is 0 Å². The van der Waals surface area contributed by atoms with Gasteiger partial charge in [0.15, 0.2) is 0 Å². The van der Waals surface area contributed by atoms with Gasteiger partial charge in [-0.3, -0.25) is 4.98 Å². The van der Waals surface area contributed by atoms with Gasteiger partial charge in [-0.05, 0) is 119 Å². The van der Waals surface area contributed by atoms with Crippen LogP contribution in [0.3, 0.4) is 0 Å². The van der Waals surface area contributed by atoms with Gasteiger partial charge in [0.2, 0.25) is 0 Å². The second kappa shape index (κ2) is 12.7. The van der Waals surface area contributed by atoms with Gasteiger partial charge in [0.1, 0.15) is 6.07 Å². The highest BCUT2D eigenvalue weighted by atomic mass is 15.2. The molecule has 0 saturated carbocycles. The smallest absolute Gasteiger partial charge is 0.104 e. The first-order valence-corrected chi connectivity index (χ1v) is 18.7. The summed E-state index contributed by atoms with van der Waals surface area (Å²) in [6.45, 7) is 2.04. The highest BCUT2D eigenvalue weighted by Crippen LogP contribution is 2.51. The zero-order valence-corrected chi connectivity index (χ0v) is 29.7. The SMILES string of the molecule is Cc1cc(-c2cc(N3c4ccc(-c5ccccc5)cc4C4C=CC=CC43)c(C#N)c(-n3c4c(c5c3C=CC(c3ccccc3)C5)CCC=C4)c2)ccn1. The molecule has 6 aromatic rings. The fourth-order valence-corrected chi connectivity index (χ4v) is 9.09. The summed E-state index contributed by atoms with van der Waals surface area (Å²) in [7, 11) is 0. The summed E-state index contributed by atoms with van der Waals surface area (Å²) in [6, 6.07) is 39.8. The van der Waals surface area contributed by atoms with Crippen molar-refractivity contribution in [1.82, 2.24) is 9.55 Å². The molecule has 4 aromatic carbocycles. The molecule has 0 saturated heterocycles. The van der Waals surface area contributed by atoms with Gasteiger partial charge in [0.25, 0.3) is 0 Å². The van der Waals surface area contributed by atoms with Gasteiger partial charge in [-0.25, -0.2) is 0 Å². The van der Waals surface area contributed by atoms with Crippen LogP contribution in [-0.2, 0) is 12.8 Å². The molecular formula is C49H38N4. The molecule has 0 amide bonds.